The van der Waals surface area contributed by atoms with Crippen LogP contribution in [0, 0.1) is 11.3 Å². The van der Waals surface area contributed by atoms with Gasteiger partial charge < -0.3 is 0 Å². The van der Waals surface area contributed by atoms with Crippen LogP contribution in [0.1, 0.15) is 51.2 Å². The maximum absolute atomic E-state index is 8.92. The van der Waals surface area contributed by atoms with Crippen molar-refractivity contribution in [2.24, 2.45) is 0 Å². The molecule has 0 atom stereocenters. The Kier molecular flexibility index (Phi) is 6.46. The largest absolute Gasteiger partial charge is 0.297 e. The summed E-state index contributed by atoms with van der Waals surface area (Å²) in [5.74, 6) is 0. The van der Waals surface area contributed by atoms with Gasteiger partial charge >= 0.3 is 0 Å². The lowest BCUT2D eigenvalue weighted by Crippen LogP contribution is -2.31. The van der Waals surface area contributed by atoms with Crippen LogP contribution < -0.4 is 0 Å². The van der Waals surface area contributed by atoms with Gasteiger partial charge in [0.1, 0.15) is 0 Å². The molecule has 0 saturated carbocycles. The van der Waals surface area contributed by atoms with Gasteiger partial charge in [0.25, 0.3) is 0 Å². The molecule has 0 saturated heterocycles. The van der Waals surface area contributed by atoms with Crippen molar-refractivity contribution in [1.82, 2.24) is 4.90 Å². The zero-order valence-corrected chi connectivity index (χ0v) is 11.8. The second-order valence-electron chi connectivity index (χ2n) is 5.08. The van der Waals surface area contributed by atoms with Gasteiger partial charge in [-0.1, -0.05) is 31.9 Å². The molecule has 0 heterocycles. The molecule has 0 bridgehead atoms. The van der Waals surface area contributed by atoms with Gasteiger partial charge in [-0.15, -0.1) is 0 Å². The van der Waals surface area contributed by atoms with Crippen LogP contribution in [0.4, 0.5) is 0 Å². The third kappa shape index (κ3) is 4.89. The molecule has 0 amide bonds. The normalized spacial score (nSPS) is 10.9. The molecule has 1 rings (SSSR count). The summed E-state index contributed by atoms with van der Waals surface area (Å²) in [5.41, 5.74) is 1.99. The van der Waals surface area contributed by atoms with Crippen molar-refractivity contribution in [2.45, 2.75) is 52.6 Å². The molecule has 0 spiro atoms. The predicted molar refractivity (Wildman–Crippen MR) is 76.2 cm³/mol. The Morgan fingerprint density at radius 2 is 2.06 bits per heavy atom. The third-order valence-electron chi connectivity index (χ3n) is 3.22. The van der Waals surface area contributed by atoms with E-state index in [1.807, 2.05) is 18.2 Å². The quantitative estimate of drug-likeness (QED) is 0.679. The van der Waals surface area contributed by atoms with Gasteiger partial charge in [-0.25, -0.2) is 0 Å². The maximum atomic E-state index is 8.92. The van der Waals surface area contributed by atoms with Crippen LogP contribution in [0.2, 0.25) is 0 Å². The first-order chi connectivity index (χ1) is 8.67. The van der Waals surface area contributed by atoms with Gasteiger partial charge in [0, 0.05) is 12.6 Å². The Bertz CT molecular complexity index is 390. The molecule has 0 unspecified atom stereocenters. The highest BCUT2D eigenvalue weighted by atomic mass is 15.1. The van der Waals surface area contributed by atoms with E-state index in [-0.39, 0.29) is 0 Å². The van der Waals surface area contributed by atoms with Gasteiger partial charge in [0.15, 0.2) is 0 Å². The summed E-state index contributed by atoms with van der Waals surface area (Å²) in [5, 5.41) is 8.92. The summed E-state index contributed by atoms with van der Waals surface area (Å²) < 4.78 is 0. The van der Waals surface area contributed by atoms with E-state index in [1.54, 1.807) is 0 Å². The van der Waals surface area contributed by atoms with Crippen LogP contribution in [0.3, 0.4) is 0 Å². The Hall–Kier alpha value is -1.33. The minimum Gasteiger partial charge on any atom is -0.297 e. The lowest BCUT2D eigenvalue weighted by atomic mass is 10.1. The first-order valence-electron chi connectivity index (χ1n) is 6.90. The second kappa shape index (κ2) is 7.89. The minimum atomic E-state index is 0.549. The molecule has 98 valence electrons. The van der Waals surface area contributed by atoms with Crippen molar-refractivity contribution in [3.63, 3.8) is 0 Å². The lowest BCUT2D eigenvalue weighted by Gasteiger charge is -2.26. The van der Waals surface area contributed by atoms with Crippen LogP contribution in [0.15, 0.2) is 24.3 Å². The highest BCUT2D eigenvalue weighted by Crippen LogP contribution is 2.11. The molecule has 0 fully saturated rings. The van der Waals surface area contributed by atoms with E-state index in [2.05, 4.69) is 37.8 Å². The van der Waals surface area contributed by atoms with E-state index >= 15 is 0 Å². The molecule has 1 aromatic carbocycles. The fourth-order valence-electron chi connectivity index (χ4n) is 2.06. The maximum Gasteiger partial charge on any atom is 0.0991 e. The summed E-state index contributed by atoms with van der Waals surface area (Å²) in [6.07, 6.45) is 3.81. The van der Waals surface area contributed by atoms with Gasteiger partial charge in [-0.2, -0.15) is 5.26 Å². The minimum absolute atomic E-state index is 0.549. The Morgan fingerprint density at radius 1 is 1.28 bits per heavy atom. The standard InChI is InChI=1S/C16H24N2/c1-4-5-6-10-18(14(2)3)13-16-9-7-8-15(11-16)12-17/h7-9,11,14H,4-6,10,13H2,1-3H3. The summed E-state index contributed by atoms with van der Waals surface area (Å²) in [6, 6.07) is 10.7. The highest BCUT2D eigenvalue weighted by molar-refractivity contribution is 5.32. The van der Waals surface area contributed by atoms with E-state index in [0.717, 1.165) is 18.7 Å². The van der Waals surface area contributed by atoms with Crippen LogP contribution >= 0.6 is 0 Å². The molecule has 18 heavy (non-hydrogen) atoms. The van der Waals surface area contributed by atoms with Gasteiger partial charge in [-0.3, -0.25) is 4.90 Å². The van der Waals surface area contributed by atoms with Crippen molar-refractivity contribution in [1.29, 1.82) is 5.26 Å². The molecular formula is C16H24N2. The topological polar surface area (TPSA) is 27.0 Å². The number of unbranched alkanes of at least 4 members (excludes halogenated alkanes) is 2. The number of hydrogen-bond donors (Lipinski definition) is 0. The van der Waals surface area contributed by atoms with E-state index < -0.39 is 0 Å². The number of hydrogen-bond acceptors (Lipinski definition) is 2. The molecule has 2 nitrogen and oxygen atoms in total. The van der Waals surface area contributed by atoms with E-state index in [9.17, 15) is 0 Å². The molecule has 0 radical (unpaired) electrons. The molecule has 0 N–H and O–H groups in total. The number of benzene rings is 1. The van der Waals surface area contributed by atoms with E-state index in [0.29, 0.717) is 6.04 Å². The van der Waals surface area contributed by atoms with Crippen molar-refractivity contribution >= 4 is 0 Å². The molecule has 2 heteroatoms. The van der Waals surface area contributed by atoms with Crippen molar-refractivity contribution < 1.29 is 0 Å². The zero-order chi connectivity index (χ0) is 13.4. The SMILES string of the molecule is CCCCCN(Cc1cccc(C#N)c1)C(C)C. The summed E-state index contributed by atoms with van der Waals surface area (Å²) in [4.78, 5) is 2.48. The Labute approximate surface area is 111 Å². The van der Waals surface area contributed by atoms with Gasteiger partial charge in [0.2, 0.25) is 0 Å². The smallest absolute Gasteiger partial charge is 0.0991 e. The number of nitriles is 1. The van der Waals surface area contributed by atoms with Gasteiger partial charge in [0.05, 0.1) is 11.6 Å². The summed E-state index contributed by atoms with van der Waals surface area (Å²) >= 11 is 0. The molecule has 0 aliphatic carbocycles. The summed E-state index contributed by atoms with van der Waals surface area (Å²) in [6.45, 7) is 8.79. The van der Waals surface area contributed by atoms with Gasteiger partial charge in [-0.05, 0) is 44.5 Å². The molecule has 0 aliphatic heterocycles. The Balaban J connectivity index is 2.62. The van der Waals surface area contributed by atoms with Crippen molar-refractivity contribution in [2.75, 3.05) is 6.54 Å². The average molecular weight is 244 g/mol. The zero-order valence-electron chi connectivity index (χ0n) is 11.8. The number of rotatable bonds is 7. The number of nitrogens with zero attached hydrogens (tertiary/aromatic N) is 2. The molecular weight excluding hydrogens is 220 g/mol. The molecule has 1 aromatic rings. The predicted octanol–water partition coefficient (Wildman–Crippen LogP) is 3.96. The van der Waals surface area contributed by atoms with Crippen LogP contribution in [-0.2, 0) is 6.54 Å². The molecule has 0 aromatic heterocycles. The molecule has 0 aliphatic rings. The summed E-state index contributed by atoms with van der Waals surface area (Å²) in [7, 11) is 0. The highest BCUT2D eigenvalue weighted by Gasteiger charge is 2.09. The van der Waals surface area contributed by atoms with E-state index in [4.69, 9.17) is 5.26 Å². The van der Waals surface area contributed by atoms with Crippen molar-refractivity contribution in [3.8, 4) is 6.07 Å². The van der Waals surface area contributed by atoms with Crippen molar-refractivity contribution in [3.05, 3.63) is 35.4 Å². The second-order valence-corrected chi connectivity index (χ2v) is 5.08. The van der Waals surface area contributed by atoms with Crippen LogP contribution in [-0.4, -0.2) is 17.5 Å². The average Bonchev–Trinajstić information content (AvgIpc) is 2.38. The van der Waals surface area contributed by atoms with E-state index in [1.165, 1.54) is 24.8 Å². The fourth-order valence-corrected chi connectivity index (χ4v) is 2.06. The Morgan fingerprint density at radius 3 is 2.67 bits per heavy atom. The fraction of sp³-hybridized carbons (Fsp3) is 0.562. The first-order valence-corrected chi connectivity index (χ1v) is 6.90. The first kappa shape index (κ1) is 14.7. The third-order valence-corrected chi connectivity index (χ3v) is 3.22. The van der Waals surface area contributed by atoms with Crippen LogP contribution in [0.5, 0.6) is 0 Å². The lowest BCUT2D eigenvalue weighted by molar-refractivity contribution is 0.208. The monoisotopic (exact) mass is 244 g/mol. The van der Waals surface area contributed by atoms with Crippen LogP contribution in [0.25, 0.3) is 0 Å².